The predicted molar refractivity (Wildman–Crippen MR) is 81.8 cm³/mol. The summed E-state index contributed by atoms with van der Waals surface area (Å²) in [7, 11) is 1.30. The maximum atomic E-state index is 11.3. The first kappa shape index (κ1) is 15.7. The molecule has 0 aliphatic heterocycles. The number of aryl methyl sites for hydroxylation is 1. The molecule has 0 saturated carbocycles. The van der Waals surface area contributed by atoms with E-state index in [0.29, 0.717) is 17.8 Å². The number of rotatable bonds is 4. The molecular formula is C15H14Cl2N2O2. The molecule has 0 aliphatic rings. The molecule has 110 valence electrons. The monoisotopic (exact) mass is 325 g/mol. The minimum atomic E-state index is -0.436. The molecule has 0 bridgehead atoms. The summed E-state index contributed by atoms with van der Waals surface area (Å²) >= 11 is 12.2. The van der Waals surface area contributed by atoms with E-state index in [1.807, 2.05) is 31.2 Å². The van der Waals surface area contributed by atoms with Gasteiger partial charge in [0.2, 0.25) is 0 Å². The Bertz CT molecular complexity index is 634. The van der Waals surface area contributed by atoms with E-state index in [-0.39, 0.29) is 16.7 Å². The third kappa shape index (κ3) is 4.16. The van der Waals surface area contributed by atoms with Crippen molar-refractivity contribution in [2.75, 3.05) is 7.11 Å². The van der Waals surface area contributed by atoms with Gasteiger partial charge in [-0.3, -0.25) is 4.79 Å². The SMILES string of the molecule is COC(=O)Cc1c(Cl)n[13c](Cc2ccc(C)cc2)nc1Cl. The number of hydrogen-bond donors (Lipinski definition) is 0. The molecule has 2 rings (SSSR count). The number of halogens is 2. The van der Waals surface area contributed by atoms with Gasteiger partial charge in [-0.25, -0.2) is 9.97 Å². The number of ether oxygens (including phenoxy) is 1. The lowest BCUT2D eigenvalue weighted by molar-refractivity contribution is -0.139. The molecule has 1 heterocycles. The fraction of sp³-hybridized carbons (Fsp3) is 0.267. The van der Waals surface area contributed by atoms with Crippen molar-refractivity contribution in [1.29, 1.82) is 0 Å². The smallest absolute Gasteiger partial charge is 0.310 e. The first-order chi connectivity index (χ1) is 9.99. The number of hydrogen-bond acceptors (Lipinski definition) is 4. The molecule has 0 atom stereocenters. The van der Waals surface area contributed by atoms with Crippen molar-refractivity contribution in [3.63, 3.8) is 0 Å². The predicted octanol–water partition coefficient (Wildman–Crippen LogP) is 3.40. The molecule has 1 aromatic carbocycles. The van der Waals surface area contributed by atoms with Crippen molar-refractivity contribution >= 4 is 29.2 Å². The third-order valence-electron chi connectivity index (χ3n) is 2.98. The highest BCUT2D eigenvalue weighted by Crippen LogP contribution is 2.23. The second kappa shape index (κ2) is 6.87. The Morgan fingerprint density at radius 3 is 2.24 bits per heavy atom. The minimum Gasteiger partial charge on any atom is -0.469 e. The molecule has 0 radical (unpaired) electrons. The van der Waals surface area contributed by atoms with Crippen LogP contribution in [0.15, 0.2) is 24.3 Å². The molecule has 0 aliphatic carbocycles. The minimum absolute atomic E-state index is 0.0427. The Labute approximate surface area is 133 Å². The number of esters is 1. The van der Waals surface area contributed by atoms with E-state index >= 15 is 0 Å². The molecule has 0 saturated heterocycles. The molecule has 2 aromatic rings. The van der Waals surface area contributed by atoms with Crippen molar-refractivity contribution in [1.82, 2.24) is 9.97 Å². The Hall–Kier alpha value is -1.65. The van der Waals surface area contributed by atoms with Crippen molar-refractivity contribution < 1.29 is 9.53 Å². The van der Waals surface area contributed by atoms with Crippen LogP contribution in [0, 0.1) is 6.92 Å². The number of nitrogens with zero attached hydrogens (tertiary/aromatic N) is 2. The second-order valence-electron chi connectivity index (χ2n) is 4.62. The van der Waals surface area contributed by atoms with Crippen LogP contribution in [0.2, 0.25) is 10.3 Å². The van der Waals surface area contributed by atoms with Crippen LogP contribution in [0.4, 0.5) is 0 Å². The van der Waals surface area contributed by atoms with Crippen molar-refractivity contribution in [3.05, 3.63) is 57.1 Å². The van der Waals surface area contributed by atoms with E-state index in [1.54, 1.807) is 0 Å². The normalized spacial score (nSPS) is 10.5. The highest BCUT2D eigenvalue weighted by molar-refractivity contribution is 6.34. The van der Waals surface area contributed by atoms with Gasteiger partial charge in [0.15, 0.2) is 0 Å². The zero-order chi connectivity index (χ0) is 15.4. The maximum Gasteiger partial charge on any atom is 0.310 e. The van der Waals surface area contributed by atoms with E-state index in [4.69, 9.17) is 23.2 Å². The summed E-state index contributed by atoms with van der Waals surface area (Å²) in [6, 6.07) is 8.04. The van der Waals surface area contributed by atoms with Crippen LogP contribution in [0.25, 0.3) is 0 Å². The zero-order valence-electron chi connectivity index (χ0n) is 11.7. The van der Waals surface area contributed by atoms with Gasteiger partial charge in [0.05, 0.1) is 13.5 Å². The molecule has 0 fully saturated rings. The molecule has 0 amide bonds. The maximum absolute atomic E-state index is 11.3. The van der Waals surface area contributed by atoms with E-state index < -0.39 is 5.97 Å². The largest absolute Gasteiger partial charge is 0.469 e. The zero-order valence-corrected chi connectivity index (χ0v) is 13.2. The number of methoxy groups -OCH3 is 1. The summed E-state index contributed by atoms with van der Waals surface area (Å²) in [4.78, 5) is 19.7. The lowest BCUT2D eigenvalue weighted by Crippen LogP contribution is -2.09. The van der Waals surface area contributed by atoms with Crippen LogP contribution < -0.4 is 0 Å². The summed E-state index contributed by atoms with van der Waals surface area (Å²) < 4.78 is 4.59. The number of aromatic nitrogens is 2. The lowest BCUT2D eigenvalue weighted by Gasteiger charge is -2.08. The van der Waals surface area contributed by atoms with Crippen LogP contribution in [0.3, 0.4) is 0 Å². The van der Waals surface area contributed by atoms with Gasteiger partial charge in [-0.1, -0.05) is 53.0 Å². The Kier molecular flexibility index (Phi) is 5.15. The molecule has 0 spiro atoms. The highest BCUT2D eigenvalue weighted by atomic mass is 35.5. The molecule has 0 unspecified atom stereocenters. The number of carbonyl (C=O) groups is 1. The quantitative estimate of drug-likeness (QED) is 0.638. The van der Waals surface area contributed by atoms with E-state index in [9.17, 15) is 4.79 Å². The average molecular weight is 326 g/mol. The van der Waals surface area contributed by atoms with Crippen LogP contribution in [0.1, 0.15) is 22.5 Å². The molecule has 1 aromatic heterocycles. The van der Waals surface area contributed by atoms with E-state index in [2.05, 4.69) is 14.7 Å². The van der Waals surface area contributed by atoms with Crippen molar-refractivity contribution in [2.24, 2.45) is 0 Å². The summed E-state index contributed by atoms with van der Waals surface area (Å²) in [5, 5.41) is 0.366. The van der Waals surface area contributed by atoms with Crippen LogP contribution >= 0.6 is 23.2 Å². The highest BCUT2D eigenvalue weighted by Gasteiger charge is 2.15. The Balaban J connectivity index is 2.23. The van der Waals surface area contributed by atoms with Crippen molar-refractivity contribution in [3.8, 4) is 0 Å². The van der Waals surface area contributed by atoms with Gasteiger partial charge in [0.25, 0.3) is 0 Å². The van der Waals surface area contributed by atoms with Gasteiger partial charge in [0, 0.05) is 12.0 Å². The van der Waals surface area contributed by atoms with E-state index in [1.165, 1.54) is 12.7 Å². The van der Waals surface area contributed by atoms with Crippen LogP contribution in [-0.4, -0.2) is 23.0 Å². The Morgan fingerprint density at radius 1 is 1.14 bits per heavy atom. The second-order valence-corrected chi connectivity index (χ2v) is 5.33. The first-order valence-corrected chi connectivity index (χ1v) is 7.08. The molecule has 4 nitrogen and oxygen atoms in total. The van der Waals surface area contributed by atoms with E-state index in [0.717, 1.165) is 5.56 Å². The summed E-state index contributed by atoms with van der Waals surface area (Å²) in [6.45, 7) is 2.02. The summed E-state index contributed by atoms with van der Waals surface area (Å²) in [5.74, 6) is 0.0798. The average Bonchev–Trinajstić information content (AvgIpc) is 2.45. The van der Waals surface area contributed by atoms with Gasteiger partial charge in [-0.05, 0) is 12.5 Å². The molecule has 0 N–H and O–H groups in total. The van der Waals surface area contributed by atoms with Gasteiger partial charge in [0.1, 0.15) is 16.1 Å². The Morgan fingerprint density at radius 2 is 1.71 bits per heavy atom. The number of carbonyl (C=O) groups excluding carboxylic acids is 1. The van der Waals surface area contributed by atoms with Crippen LogP contribution in [0.5, 0.6) is 0 Å². The standard InChI is InChI=1S/C15H14Cl2N2O2/c1-9-3-5-10(6-4-9)7-12-18-14(16)11(15(17)19-12)8-13(20)21-2/h3-6H,7-8H2,1-2H3/i12+1. The molecule has 21 heavy (non-hydrogen) atoms. The summed E-state index contributed by atoms with van der Waals surface area (Å²) in [6.07, 6.45) is 0.483. The molecular weight excluding hydrogens is 312 g/mol. The third-order valence-corrected chi connectivity index (χ3v) is 3.61. The van der Waals surface area contributed by atoms with Gasteiger partial charge >= 0.3 is 5.97 Å². The molecule has 6 heteroatoms. The summed E-state index contributed by atoms with van der Waals surface area (Å²) in [5.41, 5.74) is 2.63. The van der Waals surface area contributed by atoms with Gasteiger partial charge in [-0.2, -0.15) is 0 Å². The fourth-order valence-electron chi connectivity index (χ4n) is 1.80. The van der Waals surface area contributed by atoms with Crippen LogP contribution in [-0.2, 0) is 22.4 Å². The van der Waals surface area contributed by atoms with Crippen molar-refractivity contribution in [2.45, 2.75) is 19.8 Å². The van der Waals surface area contributed by atoms with Gasteiger partial charge in [-0.15, -0.1) is 0 Å². The topological polar surface area (TPSA) is 52.1 Å². The van der Waals surface area contributed by atoms with Gasteiger partial charge < -0.3 is 4.74 Å². The lowest BCUT2D eigenvalue weighted by atomic mass is 10.1. The fourth-order valence-corrected chi connectivity index (χ4v) is 2.36. The first-order valence-electron chi connectivity index (χ1n) is 6.32. The number of benzene rings is 1.